The number of para-hydroxylation sites is 1. The van der Waals surface area contributed by atoms with Crippen LogP contribution in [-0.4, -0.2) is 36.3 Å². The fourth-order valence-electron chi connectivity index (χ4n) is 3.41. The van der Waals surface area contributed by atoms with Crippen LogP contribution in [0.25, 0.3) is 10.2 Å². The Morgan fingerprint density at radius 2 is 2.07 bits per heavy atom. The molecular weight excluding hydrogens is 393 g/mol. The zero-order chi connectivity index (χ0) is 19.3. The molecule has 1 aromatic heterocycles. The van der Waals surface area contributed by atoms with Gasteiger partial charge in [0, 0.05) is 31.1 Å². The summed E-state index contributed by atoms with van der Waals surface area (Å²) in [6, 6.07) is 14.7. The number of amides is 1. The fourth-order valence-corrected chi connectivity index (χ4v) is 5.28. The molecule has 0 bridgehead atoms. The molecular formula is C21H22FN3OS2. The number of hydrogen-bond donors (Lipinski definition) is 1. The molecule has 4 rings (SSSR count). The third kappa shape index (κ3) is 4.83. The highest BCUT2D eigenvalue weighted by Gasteiger charge is 2.23. The number of hydrogen-bond acceptors (Lipinski definition) is 5. The number of rotatable bonds is 7. The lowest BCUT2D eigenvalue weighted by atomic mass is 10.1. The Morgan fingerprint density at radius 1 is 1.25 bits per heavy atom. The Hall–Kier alpha value is -2.12. The largest absolute Gasteiger partial charge is 0.371 e. The number of nitrogens with zero attached hydrogens (tertiary/aromatic N) is 2. The maximum absolute atomic E-state index is 13.1. The number of nitrogens with one attached hydrogen (secondary N) is 1. The Balaban J connectivity index is 1.17. The van der Waals surface area contributed by atoms with Gasteiger partial charge in [0.15, 0.2) is 0 Å². The predicted octanol–water partition coefficient (Wildman–Crippen LogP) is 4.31. The number of anilines is 1. The quantitative estimate of drug-likeness (QED) is 0.625. The number of carbonyl (C=O) groups excluding carboxylic acids is 1. The molecule has 1 saturated heterocycles. The minimum absolute atomic E-state index is 0.0753. The van der Waals surface area contributed by atoms with E-state index in [0.717, 1.165) is 41.5 Å². The van der Waals surface area contributed by atoms with Gasteiger partial charge in [0.25, 0.3) is 0 Å². The van der Waals surface area contributed by atoms with Crippen molar-refractivity contribution in [2.75, 3.05) is 30.3 Å². The summed E-state index contributed by atoms with van der Waals surface area (Å²) < 4.78 is 14.2. The standard InChI is InChI=1S/C21H22FN3OS2/c22-16-5-7-17(8-6-16)25-10-9-15(12-25)11-23-20(26)13-27-14-21-24-18-3-1-2-4-19(18)28-21/h1-8,15H,9-14H2,(H,23,26). The van der Waals surface area contributed by atoms with Crippen LogP contribution in [0.3, 0.4) is 0 Å². The highest BCUT2D eigenvalue weighted by molar-refractivity contribution is 7.99. The van der Waals surface area contributed by atoms with Crippen LogP contribution in [0.5, 0.6) is 0 Å². The molecule has 2 heterocycles. The van der Waals surface area contributed by atoms with Gasteiger partial charge >= 0.3 is 0 Å². The summed E-state index contributed by atoms with van der Waals surface area (Å²) in [6.45, 7) is 2.53. The highest BCUT2D eigenvalue weighted by atomic mass is 32.2. The maximum Gasteiger partial charge on any atom is 0.230 e. The summed E-state index contributed by atoms with van der Waals surface area (Å²) >= 11 is 3.29. The monoisotopic (exact) mass is 415 g/mol. The van der Waals surface area contributed by atoms with Gasteiger partial charge in [-0.05, 0) is 48.7 Å². The van der Waals surface area contributed by atoms with Crippen molar-refractivity contribution in [3.63, 3.8) is 0 Å². The molecule has 1 fully saturated rings. The van der Waals surface area contributed by atoms with Gasteiger partial charge in [-0.1, -0.05) is 12.1 Å². The Kier molecular flexibility index (Phi) is 6.12. The van der Waals surface area contributed by atoms with Crippen molar-refractivity contribution < 1.29 is 9.18 Å². The molecule has 0 saturated carbocycles. The first kappa shape index (κ1) is 19.2. The molecule has 1 aliphatic rings. The minimum Gasteiger partial charge on any atom is -0.371 e. The van der Waals surface area contributed by atoms with E-state index < -0.39 is 0 Å². The lowest BCUT2D eigenvalue weighted by Gasteiger charge is -2.18. The van der Waals surface area contributed by atoms with Gasteiger partial charge in [-0.15, -0.1) is 23.1 Å². The predicted molar refractivity (Wildman–Crippen MR) is 116 cm³/mol. The maximum atomic E-state index is 13.1. The van der Waals surface area contributed by atoms with Gasteiger partial charge < -0.3 is 10.2 Å². The van der Waals surface area contributed by atoms with Crippen LogP contribution in [-0.2, 0) is 10.5 Å². The Morgan fingerprint density at radius 3 is 2.89 bits per heavy atom. The average Bonchev–Trinajstić information content (AvgIpc) is 3.33. The van der Waals surface area contributed by atoms with Crippen molar-refractivity contribution in [3.8, 4) is 0 Å². The second-order valence-electron chi connectivity index (χ2n) is 6.95. The van der Waals surface area contributed by atoms with E-state index in [-0.39, 0.29) is 11.7 Å². The van der Waals surface area contributed by atoms with E-state index in [4.69, 9.17) is 0 Å². The molecule has 0 aliphatic carbocycles. The lowest BCUT2D eigenvalue weighted by Crippen LogP contribution is -2.32. The van der Waals surface area contributed by atoms with Crippen LogP contribution in [0.2, 0.25) is 0 Å². The van der Waals surface area contributed by atoms with Crippen molar-refractivity contribution in [1.82, 2.24) is 10.3 Å². The minimum atomic E-state index is -0.213. The van der Waals surface area contributed by atoms with Gasteiger partial charge in [0.2, 0.25) is 5.91 Å². The molecule has 146 valence electrons. The normalized spacial score (nSPS) is 16.6. The third-order valence-electron chi connectivity index (χ3n) is 4.86. The van der Waals surface area contributed by atoms with Gasteiger partial charge in [-0.2, -0.15) is 0 Å². The van der Waals surface area contributed by atoms with E-state index in [9.17, 15) is 9.18 Å². The molecule has 3 aromatic rings. The summed E-state index contributed by atoms with van der Waals surface area (Å²) in [6.07, 6.45) is 1.04. The highest BCUT2D eigenvalue weighted by Crippen LogP contribution is 2.25. The molecule has 1 atom stereocenters. The van der Waals surface area contributed by atoms with Crippen molar-refractivity contribution in [3.05, 3.63) is 59.4 Å². The van der Waals surface area contributed by atoms with Crippen LogP contribution >= 0.6 is 23.1 Å². The summed E-state index contributed by atoms with van der Waals surface area (Å²) in [5.41, 5.74) is 2.07. The number of halogens is 1. The summed E-state index contributed by atoms with van der Waals surface area (Å²) in [5, 5.41) is 4.12. The van der Waals surface area contributed by atoms with Gasteiger partial charge in [-0.25, -0.2) is 9.37 Å². The number of carbonyl (C=O) groups is 1. The molecule has 28 heavy (non-hydrogen) atoms. The molecule has 1 amide bonds. The number of benzene rings is 2. The SMILES string of the molecule is O=C(CSCc1nc2ccccc2s1)NCC1CCN(c2ccc(F)cc2)C1. The first-order valence-electron chi connectivity index (χ1n) is 9.37. The van der Waals surface area contributed by atoms with E-state index in [1.165, 1.54) is 16.8 Å². The van der Waals surface area contributed by atoms with Gasteiger partial charge in [-0.3, -0.25) is 4.79 Å². The van der Waals surface area contributed by atoms with Crippen LogP contribution in [0.15, 0.2) is 48.5 Å². The van der Waals surface area contributed by atoms with E-state index in [1.807, 2.05) is 30.3 Å². The second kappa shape index (κ2) is 8.92. The number of thioether (sulfide) groups is 1. The Labute approximate surface area is 172 Å². The molecule has 2 aromatic carbocycles. The van der Waals surface area contributed by atoms with Crippen LogP contribution in [0.4, 0.5) is 10.1 Å². The summed E-state index contributed by atoms with van der Waals surface area (Å²) in [4.78, 5) is 19.0. The number of fused-ring (bicyclic) bond motifs is 1. The summed E-state index contributed by atoms with van der Waals surface area (Å²) in [7, 11) is 0. The van der Waals surface area contributed by atoms with Crippen molar-refractivity contribution in [2.45, 2.75) is 12.2 Å². The molecule has 1 N–H and O–H groups in total. The third-order valence-corrected chi connectivity index (χ3v) is 7.03. The average molecular weight is 416 g/mol. The topological polar surface area (TPSA) is 45.2 Å². The molecule has 4 nitrogen and oxygen atoms in total. The smallest absolute Gasteiger partial charge is 0.230 e. The lowest BCUT2D eigenvalue weighted by molar-refractivity contribution is -0.118. The number of thiazole rings is 1. The van der Waals surface area contributed by atoms with Crippen LogP contribution in [0, 0.1) is 11.7 Å². The fraction of sp³-hybridized carbons (Fsp3) is 0.333. The van der Waals surface area contributed by atoms with Crippen molar-refractivity contribution in [2.24, 2.45) is 5.92 Å². The van der Waals surface area contributed by atoms with Crippen molar-refractivity contribution in [1.29, 1.82) is 0 Å². The zero-order valence-electron chi connectivity index (χ0n) is 15.4. The molecule has 1 aliphatic heterocycles. The molecule has 0 spiro atoms. The van der Waals surface area contributed by atoms with Crippen molar-refractivity contribution >= 4 is 44.9 Å². The first-order valence-corrected chi connectivity index (χ1v) is 11.3. The summed E-state index contributed by atoms with van der Waals surface area (Å²) in [5.74, 6) is 1.50. The first-order chi connectivity index (χ1) is 13.7. The van der Waals surface area contributed by atoms with Gasteiger partial charge in [0.05, 0.1) is 16.0 Å². The van der Waals surface area contributed by atoms with E-state index in [0.29, 0.717) is 18.2 Å². The van der Waals surface area contributed by atoms with Crippen LogP contribution in [0.1, 0.15) is 11.4 Å². The molecule has 7 heteroatoms. The van der Waals surface area contributed by atoms with E-state index in [1.54, 1.807) is 23.1 Å². The zero-order valence-corrected chi connectivity index (χ0v) is 17.1. The Bertz CT molecular complexity index is 911. The van der Waals surface area contributed by atoms with Crippen LogP contribution < -0.4 is 10.2 Å². The molecule has 0 radical (unpaired) electrons. The van der Waals surface area contributed by atoms with Gasteiger partial charge in [0.1, 0.15) is 10.8 Å². The van der Waals surface area contributed by atoms with E-state index >= 15 is 0 Å². The molecule has 1 unspecified atom stereocenters. The second-order valence-corrected chi connectivity index (χ2v) is 9.05. The van der Waals surface area contributed by atoms with E-state index in [2.05, 4.69) is 21.3 Å². The number of aromatic nitrogens is 1.